The molecular formula is C18H22ClN2O+. The summed E-state index contributed by atoms with van der Waals surface area (Å²) in [6.07, 6.45) is 11.8. The molecule has 4 fully saturated rings. The summed E-state index contributed by atoms with van der Waals surface area (Å²) in [5.41, 5.74) is 2.41. The number of amides is 1. The smallest absolute Gasteiger partial charge is 0.244 e. The van der Waals surface area contributed by atoms with Crippen molar-refractivity contribution < 1.29 is 4.79 Å². The number of halogens is 1. The van der Waals surface area contributed by atoms with Crippen molar-refractivity contribution >= 4 is 23.7 Å². The molecule has 1 unspecified atom stereocenters. The molecule has 3 nitrogen and oxygen atoms in total. The van der Waals surface area contributed by atoms with Gasteiger partial charge >= 0.3 is 6.41 Å². The highest BCUT2D eigenvalue weighted by Crippen LogP contribution is 2.61. The van der Waals surface area contributed by atoms with Gasteiger partial charge in [0.1, 0.15) is 16.4 Å². The molecule has 4 bridgehead atoms. The Morgan fingerprint density at radius 3 is 2.41 bits per heavy atom. The van der Waals surface area contributed by atoms with Crippen molar-refractivity contribution in [2.45, 2.75) is 50.5 Å². The lowest BCUT2D eigenvalue weighted by molar-refractivity contribution is -0.134. The predicted octanol–water partition coefficient (Wildman–Crippen LogP) is 3.72. The number of nitrogens with zero attached hydrogens (tertiary/aromatic N) is 2. The van der Waals surface area contributed by atoms with E-state index in [4.69, 9.17) is 11.6 Å². The lowest BCUT2D eigenvalue weighted by Crippen LogP contribution is -2.70. The molecule has 5 aliphatic rings. The summed E-state index contributed by atoms with van der Waals surface area (Å²) in [5.74, 6) is 2.55. The summed E-state index contributed by atoms with van der Waals surface area (Å²) in [4.78, 5) is 16.7. The molecule has 0 aromatic carbocycles. The molecule has 0 spiro atoms. The van der Waals surface area contributed by atoms with Crippen LogP contribution in [0.5, 0.6) is 0 Å². The maximum absolute atomic E-state index is 12.4. The van der Waals surface area contributed by atoms with Crippen molar-refractivity contribution in [3.8, 4) is 0 Å². The molecule has 4 heteroatoms. The SMILES string of the molecule is O=C[N+]1(C23CC4CC(CC(C4)C2)C3)CCc2c1ccnc2Cl. The van der Waals surface area contributed by atoms with Crippen LogP contribution >= 0.6 is 11.6 Å². The van der Waals surface area contributed by atoms with E-state index in [1.165, 1.54) is 44.9 Å². The zero-order valence-electron chi connectivity index (χ0n) is 12.8. The largest absolute Gasteiger partial charge is 0.307 e. The molecule has 0 radical (unpaired) electrons. The number of quaternary nitrogens is 1. The summed E-state index contributed by atoms with van der Waals surface area (Å²) < 4.78 is 0.536. The number of hydrogen-bond acceptors (Lipinski definition) is 2. The number of carbonyl (C=O) groups is 1. The van der Waals surface area contributed by atoms with E-state index in [0.717, 1.165) is 42.0 Å². The van der Waals surface area contributed by atoms with Gasteiger partial charge in [0.05, 0.1) is 12.1 Å². The van der Waals surface area contributed by atoms with E-state index in [2.05, 4.69) is 11.1 Å². The average Bonchev–Trinajstić information content (AvgIpc) is 2.87. The fourth-order valence-corrected chi connectivity index (χ4v) is 6.99. The highest BCUT2D eigenvalue weighted by Gasteiger charge is 2.64. The number of carbonyl (C=O) groups excluding carboxylic acids is 1. The molecule has 1 aliphatic heterocycles. The molecule has 22 heavy (non-hydrogen) atoms. The Morgan fingerprint density at radius 2 is 1.82 bits per heavy atom. The van der Waals surface area contributed by atoms with Crippen LogP contribution in [0.1, 0.15) is 44.1 Å². The van der Waals surface area contributed by atoms with Gasteiger partial charge in [0.15, 0.2) is 0 Å². The first-order valence-electron chi connectivity index (χ1n) is 8.64. The molecule has 6 rings (SSSR count). The standard InChI is InChI=1S/C18H22ClN2O/c19-17-15-2-4-21(11-22,16(15)1-3-20-17)18-8-12-5-13(9-18)7-14(6-12)10-18/h1,3,11-14H,2,4-10H2/q+1. The summed E-state index contributed by atoms with van der Waals surface area (Å²) >= 11 is 6.32. The number of fused-ring (bicyclic) bond motifs is 1. The highest BCUT2D eigenvalue weighted by atomic mass is 35.5. The number of rotatable bonds is 2. The molecule has 1 aromatic rings. The first kappa shape index (κ1) is 13.5. The fourth-order valence-electron chi connectivity index (χ4n) is 6.74. The van der Waals surface area contributed by atoms with Crippen LogP contribution < -0.4 is 4.48 Å². The van der Waals surface area contributed by atoms with Crippen molar-refractivity contribution in [1.29, 1.82) is 0 Å². The third-order valence-electron chi connectivity index (χ3n) is 7.16. The monoisotopic (exact) mass is 317 g/mol. The zero-order chi connectivity index (χ0) is 14.9. The van der Waals surface area contributed by atoms with Gasteiger partial charge in [-0.1, -0.05) is 11.6 Å². The van der Waals surface area contributed by atoms with Crippen LogP contribution in [0.3, 0.4) is 0 Å². The van der Waals surface area contributed by atoms with E-state index in [1.807, 2.05) is 0 Å². The average molecular weight is 318 g/mol. The van der Waals surface area contributed by atoms with Crippen LogP contribution in [0.2, 0.25) is 5.15 Å². The Labute approximate surface area is 136 Å². The summed E-state index contributed by atoms with van der Waals surface area (Å²) in [6, 6.07) is 2.06. The van der Waals surface area contributed by atoms with Gasteiger partial charge in [-0.05, 0) is 37.0 Å². The normalized spacial score (nSPS) is 45.0. The van der Waals surface area contributed by atoms with Gasteiger partial charge in [-0.15, -0.1) is 0 Å². The first-order valence-corrected chi connectivity index (χ1v) is 9.02. The third-order valence-corrected chi connectivity index (χ3v) is 7.48. The van der Waals surface area contributed by atoms with Crippen molar-refractivity contribution in [3.05, 3.63) is 23.0 Å². The van der Waals surface area contributed by atoms with E-state index in [-0.39, 0.29) is 5.54 Å². The van der Waals surface area contributed by atoms with Gasteiger partial charge in [-0.25, -0.2) is 14.3 Å². The Morgan fingerprint density at radius 1 is 1.18 bits per heavy atom. The maximum Gasteiger partial charge on any atom is 0.307 e. The lowest BCUT2D eigenvalue weighted by Gasteiger charge is -2.60. The van der Waals surface area contributed by atoms with Crippen molar-refractivity contribution in [1.82, 2.24) is 9.47 Å². The van der Waals surface area contributed by atoms with Crippen LogP contribution in [0.25, 0.3) is 0 Å². The van der Waals surface area contributed by atoms with Crippen LogP contribution in [0.4, 0.5) is 5.69 Å². The van der Waals surface area contributed by atoms with Crippen LogP contribution in [0.15, 0.2) is 12.3 Å². The van der Waals surface area contributed by atoms with Gasteiger partial charge in [0, 0.05) is 37.9 Å². The Bertz CT molecular complexity index is 623. The fraction of sp³-hybridized carbons (Fsp3) is 0.667. The van der Waals surface area contributed by atoms with Gasteiger partial charge in [0.2, 0.25) is 0 Å². The molecule has 116 valence electrons. The Kier molecular flexibility index (Phi) is 2.66. The van der Waals surface area contributed by atoms with Gasteiger partial charge in [-0.2, -0.15) is 0 Å². The molecule has 2 heterocycles. The van der Waals surface area contributed by atoms with Gasteiger partial charge < -0.3 is 0 Å². The summed E-state index contributed by atoms with van der Waals surface area (Å²) in [5, 5.41) is 0.601. The Balaban J connectivity index is 1.68. The van der Waals surface area contributed by atoms with Crippen molar-refractivity contribution in [3.63, 3.8) is 0 Å². The second-order valence-electron chi connectivity index (χ2n) is 8.19. The molecule has 1 amide bonds. The maximum atomic E-state index is 12.4. The second kappa shape index (κ2) is 4.33. The zero-order valence-corrected chi connectivity index (χ0v) is 13.6. The first-order chi connectivity index (χ1) is 10.7. The van der Waals surface area contributed by atoms with E-state index < -0.39 is 0 Å². The predicted molar refractivity (Wildman–Crippen MR) is 86.6 cm³/mol. The minimum atomic E-state index is 0.145. The van der Waals surface area contributed by atoms with E-state index in [1.54, 1.807) is 6.20 Å². The van der Waals surface area contributed by atoms with Gasteiger partial charge in [0.25, 0.3) is 0 Å². The molecule has 1 aromatic heterocycles. The number of hydrogen-bond donors (Lipinski definition) is 0. The van der Waals surface area contributed by atoms with Crippen LogP contribution in [-0.2, 0) is 11.2 Å². The van der Waals surface area contributed by atoms with E-state index >= 15 is 0 Å². The van der Waals surface area contributed by atoms with E-state index in [9.17, 15) is 4.79 Å². The minimum absolute atomic E-state index is 0.145. The topological polar surface area (TPSA) is 30.0 Å². The molecule has 0 saturated heterocycles. The van der Waals surface area contributed by atoms with Crippen LogP contribution in [0, 0.1) is 17.8 Å². The summed E-state index contributed by atoms with van der Waals surface area (Å²) in [6.45, 7) is 0.885. The van der Waals surface area contributed by atoms with Gasteiger partial charge in [-0.3, -0.25) is 0 Å². The lowest BCUT2D eigenvalue weighted by atomic mass is 9.52. The number of pyridine rings is 1. The second-order valence-corrected chi connectivity index (χ2v) is 8.55. The molecule has 4 saturated carbocycles. The van der Waals surface area contributed by atoms with E-state index in [0.29, 0.717) is 9.64 Å². The quantitative estimate of drug-likeness (QED) is 0.473. The Hall–Kier alpha value is -0.930. The third kappa shape index (κ3) is 1.52. The van der Waals surface area contributed by atoms with Crippen molar-refractivity contribution in [2.24, 2.45) is 17.8 Å². The molecular weight excluding hydrogens is 296 g/mol. The number of aromatic nitrogens is 1. The summed E-state index contributed by atoms with van der Waals surface area (Å²) in [7, 11) is 0. The van der Waals surface area contributed by atoms with Crippen molar-refractivity contribution in [2.75, 3.05) is 6.54 Å². The highest BCUT2D eigenvalue weighted by molar-refractivity contribution is 6.30. The minimum Gasteiger partial charge on any atom is -0.244 e. The molecule has 0 N–H and O–H groups in total. The molecule has 4 aliphatic carbocycles. The molecule has 1 atom stereocenters. The van der Waals surface area contributed by atoms with Crippen LogP contribution in [-0.4, -0.2) is 23.5 Å².